The van der Waals surface area contributed by atoms with Gasteiger partial charge in [-0.1, -0.05) is 60.3 Å². The number of rotatable bonds is 14. The Morgan fingerprint density at radius 3 is 1.32 bits per heavy atom. The molecule has 200 valence electrons. The summed E-state index contributed by atoms with van der Waals surface area (Å²) in [4.78, 5) is 48.1. The maximum atomic E-state index is 13.3. The molecule has 0 saturated carbocycles. The molecule has 2 aromatic carbocycles. The summed E-state index contributed by atoms with van der Waals surface area (Å²) in [6, 6.07) is 5.56. The van der Waals surface area contributed by atoms with E-state index in [1.165, 1.54) is 24.3 Å². The van der Waals surface area contributed by atoms with Crippen molar-refractivity contribution in [2.24, 2.45) is 11.8 Å². The van der Waals surface area contributed by atoms with Crippen LogP contribution in [0.15, 0.2) is 24.3 Å². The summed E-state index contributed by atoms with van der Waals surface area (Å²) in [6.45, 7) is 2.36. The van der Waals surface area contributed by atoms with Gasteiger partial charge in [-0.15, -0.1) is 0 Å². The Kier molecular flexibility index (Phi) is 11.5. The first-order chi connectivity index (χ1) is 17.4. The molecule has 0 aliphatic rings. The van der Waals surface area contributed by atoms with Crippen LogP contribution in [0.25, 0.3) is 0 Å². The number of carboxylic acids is 2. The minimum Gasteiger partial charge on any atom is -0.480 e. The number of benzene rings is 2. The van der Waals surface area contributed by atoms with E-state index in [-0.39, 0.29) is 60.7 Å². The second-order valence-electron chi connectivity index (χ2n) is 8.02. The number of carbonyl (C=O) groups is 4. The van der Waals surface area contributed by atoms with Crippen LogP contribution >= 0.6 is 46.4 Å². The van der Waals surface area contributed by atoms with E-state index < -0.39 is 37.0 Å². The van der Waals surface area contributed by atoms with Crippen molar-refractivity contribution in [2.45, 2.75) is 33.1 Å². The number of ether oxygens (including phenoxy) is 2. The Balaban J connectivity index is 2.26. The van der Waals surface area contributed by atoms with E-state index in [4.69, 9.17) is 66.1 Å². The summed E-state index contributed by atoms with van der Waals surface area (Å²) in [5, 5.41) is 17.3. The molecule has 37 heavy (non-hydrogen) atoms. The lowest BCUT2D eigenvalue weighted by molar-refractivity contribution is -0.140. The summed E-state index contributed by atoms with van der Waals surface area (Å²) in [7, 11) is 0. The third-order valence-corrected chi connectivity index (χ3v) is 7.35. The summed E-state index contributed by atoms with van der Waals surface area (Å²) < 4.78 is 10.2. The van der Waals surface area contributed by atoms with Crippen LogP contribution < -0.4 is 9.47 Å². The number of halogens is 4. The number of hydrogen-bond acceptors (Lipinski definition) is 6. The average Bonchev–Trinajstić information content (AvgIpc) is 2.85. The summed E-state index contributed by atoms with van der Waals surface area (Å²) >= 11 is 25.0. The minimum absolute atomic E-state index is 0.0302. The van der Waals surface area contributed by atoms with Gasteiger partial charge in [0.15, 0.2) is 24.8 Å². The van der Waals surface area contributed by atoms with Gasteiger partial charge >= 0.3 is 11.9 Å². The Morgan fingerprint density at radius 2 is 1.03 bits per heavy atom. The molecule has 0 amide bonds. The van der Waals surface area contributed by atoms with Gasteiger partial charge in [0.25, 0.3) is 0 Å². The molecular formula is C25H24Cl4O8. The molecule has 0 aromatic heterocycles. The molecule has 0 fully saturated rings. The van der Waals surface area contributed by atoms with Crippen LogP contribution in [-0.4, -0.2) is 46.9 Å². The van der Waals surface area contributed by atoms with Gasteiger partial charge in [-0.2, -0.15) is 0 Å². The topological polar surface area (TPSA) is 127 Å². The van der Waals surface area contributed by atoms with Crippen molar-refractivity contribution >= 4 is 69.9 Å². The molecule has 0 heterocycles. The van der Waals surface area contributed by atoms with Gasteiger partial charge in [-0.05, 0) is 43.5 Å². The fraction of sp³-hybridized carbons (Fsp3) is 0.360. The predicted octanol–water partition coefficient (Wildman–Crippen LogP) is 6.74. The highest BCUT2D eigenvalue weighted by Gasteiger charge is 2.30. The van der Waals surface area contributed by atoms with Crippen LogP contribution in [0.1, 0.15) is 53.8 Å². The molecular weight excluding hydrogens is 570 g/mol. The van der Waals surface area contributed by atoms with E-state index in [9.17, 15) is 19.2 Å². The van der Waals surface area contributed by atoms with Crippen LogP contribution in [0.5, 0.6) is 11.5 Å². The van der Waals surface area contributed by atoms with Crippen molar-refractivity contribution in [3.63, 3.8) is 0 Å². The first-order valence-electron chi connectivity index (χ1n) is 11.2. The zero-order valence-corrected chi connectivity index (χ0v) is 22.9. The second kappa shape index (κ2) is 13.9. The Hall–Kier alpha value is -2.52. The van der Waals surface area contributed by atoms with Crippen LogP contribution in [-0.2, 0) is 9.59 Å². The third kappa shape index (κ3) is 7.74. The molecule has 0 aliphatic carbocycles. The molecule has 0 radical (unpaired) electrons. The lowest BCUT2D eigenvalue weighted by atomic mass is 9.82. The van der Waals surface area contributed by atoms with Gasteiger partial charge in [0.2, 0.25) is 0 Å². The van der Waals surface area contributed by atoms with E-state index in [1.807, 2.05) is 0 Å². The van der Waals surface area contributed by atoms with Crippen molar-refractivity contribution in [3.05, 3.63) is 55.5 Å². The van der Waals surface area contributed by atoms with E-state index >= 15 is 0 Å². The lowest BCUT2D eigenvalue weighted by Crippen LogP contribution is -2.23. The highest BCUT2D eigenvalue weighted by Crippen LogP contribution is 2.39. The number of hydrogen-bond donors (Lipinski definition) is 2. The fourth-order valence-electron chi connectivity index (χ4n) is 3.65. The van der Waals surface area contributed by atoms with Crippen LogP contribution in [0.3, 0.4) is 0 Å². The molecule has 2 rings (SSSR count). The smallest absolute Gasteiger partial charge is 0.341 e. The maximum absolute atomic E-state index is 13.3. The Labute approximate surface area is 233 Å². The van der Waals surface area contributed by atoms with Crippen LogP contribution in [0.2, 0.25) is 20.1 Å². The molecule has 2 aromatic rings. The highest BCUT2D eigenvalue weighted by molar-refractivity contribution is 6.45. The summed E-state index contributed by atoms with van der Waals surface area (Å²) in [6.07, 6.45) is 1.01. The SMILES string of the molecule is CCC(CC(CC)C(=O)c1ccc(OCC(=O)O)c(Cl)c1Cl)C(=O)c1ccc(OCC(=O)O)c(Cl)c1Cl. The molecule has 0 spiro atoms. The van der Waals surface area contributed by atoms with Crippen molar-refractivity contribution in [2.75, 3.05) is 13.2 Å². The molecule has 2 atom stereocenters. The van der Waals surface area contributed by atoms with Crippen molar-refractivity contribution < 1.29 is 38.9 Å². The maximum Gasteiger partial charge on any atom is 0.341 e. The first kappa shape index (κ1) is 30.7. The van der Waals surface area contributed by atoms with Crippen LogP contribution in [0, 0.1) is 11.8 Å². The average molecular weight is 594 g/mol. The number of ketones is 2. The van der Waals surface area contributed by atoms with E-state index in [0.717, 1.165) is 0 Å². The van der Waals surface area contributed by atoms with Gasteiger partial charge in [-0.25, -0.2) is 9.59 Å². The number of carboxylic acid groups (broad SMARTS) is 2. The predicted molar refractivity (Wildman–Crippen MR) is 140 cm³/mol. The Morgan fingerprint density at radius 1 is 0.676 bits per heavy atom. The van der Waals surface area contributed by atoms with Gasteiger partial charge < -0.3 is 19.7 Å². The zero-order valence-electron chi connectivity index (χ0n) is 19.9. The van der Waals surface area contributed by atoms with Gasteiger partial charge in [0, 0.05) is 23.0 Å². The monoisotopic (exact) mass is 592 g/mol. The van der Waals surface area contributed by atoms with Gasteiger partial charge in [0.05, 0.1) is 10.0 Å². The van der Waals surface area contributed by atoms with Crippen molar-refractivity contribution in [1.29, 1.82) is 0 Å². The Bertz CT molecular complexity index is 1110. The normalized spacial score (nSPS) is 12.5. The second-order valence-corrected chi connectivity index (χ2v) is 9.53. The molecule has 8 nitrogen and oxygen atoms in total. The largest absolute Gasteiger partial charge is 0.480 e. The first-order valence-corrected chi connectivity index (χ1v) is 12.7. The standard InChI is InChI=1S/C25H24Cl4O8/c1-3-12(24(34)14-5-7-16(22(28)20(14)26)36-10-18(30)31)9-13(4-2)25(35)15-6-8-17(23(29)21(15)27)37-11-19(32)33/h5-8,12-13H,3-4,9-11H2,1-2H3,(H,30,31)(H,32,33). The molecule has 0 aliphatic heterocycles. The molecule has 0 bridgehead atoms. The zero-order chi connectivity index (χ0) is 27.9. The van der Waals surface area contributed by atoms with Crippen molar-refractivity contribution in [3.8, 4) is 11.5 Å². The quantitative estimate of drug-likeness (QED) is 0.231. The number of Topliss-reactive ketones (excluding diaryl/α,β-unsaturated/α-hetero) is 2. The summed E-state index contributed by atoms with van der Waals surface area (Å²) in [5.41, 5.74) is 0.258. The van der Waals surface area contributed by atoms with E-state index in [1.54, 1.807) is 13.8 Å². The lowest BCUT2D eigenvalue weighted by Gasteiger charge is -2.22. The van der Waals surface area contributed by atoms with E-state index in [0.29, 0.717) is 12.8 Å². The molecule has 2 N–H and O–H groups in total. The van der Waals surface area contributed by atoms with Gasteiger partial charge in [-0.3, -0.25) is 9.59 Å². The van der Waals surface area contributed by atoms with Crippen molar-refractivity contribution in [1.82, 2.24) is 0 Å². The van der Waals surface area contributed by atoms with Crippen LogP contribution in [0.4, 0.5) is 0 Å². The summed E-state index contributed by atoms with van der Waals surface area (Å²) in [5.74, 6) is -4.15. The molecule has 0 saturated heterocycles. The minimum atomic E-state index is -1.20. The van der Waals surface area contributed by atoms with Gasteiger partial charge in [0.1, 0.15) is 21.5 Å². The highest BCUT2D eigenvalue weighted by atomic mass is 35.5. The fourth-order valence-corrected chi connectivity index (χ4v) is 4.58. The number of aliphatic carboxylic acids is 2. The molecule has 2 unspecified atom stereocenters. The van der Waals surface area contributed by atoms with E-state index in [2.05, 4.69) is 0 Å². The number of carbonyl (C=O) groups excluding carboxylic acids is 2. The molecule has 12 heteroatoms. The third-order valence-electron chi connectivity index (χ3n) is 5.62.